The molecule has 1 rings (SSSR count). The first kappa shape index (κ1) is 13.9. The largest absolute Gasteiger partial charge is 0.480 e. The van der Waals surface area contributed by atoms with Crippen molar-refractivity contribution in [2.75, 3.05) is 0 Å². The van der Waals surface area contributed by atoms with Crippen LogP contribution < -0.4 is 10.6 Å². The van der Waals surface area contributed by atoms with E-state index in [0.29, 0.717) is 5.82 Å². The van der Waals surface area contributed by atoms with Crippen LogP contribution in [0.1, 0.15) is 25.6 Å². The zero-order valence-electron chi connectivity index (χ0n) is 10.4. The van der Waals surface area contributed by atoms with E-state index in [1.807, 2.05) is 0 Å². The molecule has 8 heteroatoms. The third-order valence-corrected chi connectivity index (χ3v) is 2.19. The predicted molar refractivity (Wildman–Crippen MR) is 60.7 cm³/mol. The monoisotopic (exact) mass is 256 g/mol. The lowest BCUT2D eigenvalue weighted by Crippen LogP contribution is -2.48. The lowest BCUT2D eigenvalue weighted by molar-refractivity contribution is -0.140. The molecule has 0 saturated heterocycles. The average molecular weight is 256 g/mol. The number of aryl methyl sites for hydroxylation is 1. The van der Waals surface area contributed by atoms with Gasteiger partial charge in [-0.15, -0.1) is 0 Å². The van der Waals surface area contributed by atoms with Crippen LogP contribution in [0.15, 0.2) is 4.52 Å². The lowest BCUT2D eigenvalue weighted by Gasteiger charge is -2.17. The maximum atomic E-state index is 11.5. The second kappa shape index (κ2) is 5.99. The number of rotatable bonds is 5. The highest BCUT2D eigenvalue weighted by Crippen LogP contribution is 2.01. The van der Waals surface area contributed by atoms with E-state index in [0.717, 1.165) is 0 Å². The second-order valence-corrected chi connectivity index (χ2v) is 4.12. The van der Waals surface area contributed by atoms with Crippen LogP contribution in [0.2, 0.25) is 0 Å². The van der Waals surface area contributed by atoms with Crippen molar-refractivity contribution in [2.24, 2.45) is 5.92 Å². The quantitative estimate of drug-likeness (QED) is 0.696. The molecule has 0 aliphatic carbocycles. The molecule has 1 heterocycles. The molecule has 0 aliphatic rings. The van der Waals surface area contributed by atoms with Crippen LogP contribution >= 0.6 is 0 Å². The van der Waals surface area contributed by atoms with Crippen LogP contribution in [0.25, 0.3) is 0 Å². The molecule has 3 N–H and O–H groups in total. The number of nitrogens with zero attached hydrogens (tertiary/aromatic N) is 2. The molecule has 0 unspecified atom stereocenters. The van der Waals surface area contributed by atoms with E-state index in [-0.39, 0.29) is 18.4 Å². The number of aliphatic carboxylic acids is 1. The van der Waals surface area contributed by atoms with Gasteiger partial charge < -0.3 is 20.3 Å². The molecule has 100 valence electrons. The molecule has 0 saturated carbocycles. The summed E-state index contributed by atoms with van der Waals surface area (Å²) in [4.78, 5) is 26.2. The summed E-state index contributed by atoms with van der Waals surface area (Å²) in [6, 6.07) is -1.53. The maximum absolute atomic E-state index is 11.5. The van der Waals surface area contributed by atoms with Gasteiger partial charge in [-0.05, 0) is 12.8 Å². The standard InChI is InChI=1S/C10H16N4O4/c1-5(2)8(9(15)16)13-10(17)11-4-7-12-6(3)14-18-7/h5,8H,4H2,1-3H3,(H,15,16)(H2,11,13,17)/t8-/m1/s1. The highest BCUT2D eigenvalue weighted by molar-refractivity contribution is 5.82. The first-order valence-electron chi connectivity index (χ1n) is 5.46. The van der Waals surface area contributed by atoms with Gasteiger partial charge >= 0.3 is 12.0 Å². The van der Waals surface area contributed by atoms with E-state index in [4.69, 9.17) is 9.63 Å². The van der Waals surface area contributed by atoms with Gasteiger partial charge in [-0.25, -0.2) is 9.59 Å². The first-order valence-corrected chi connectivity index (χ1v) is 5.46. The van der Waals surface area contributed by atoms with Crippen molar-refractivity contribution in [3.8, 4) is 0 Å². The number of hydrogen-bond donors (Lipinski definition) is 3. The molecule has 2 amide bonds. The van der Waals surface area contributed by atoms with Gasteiger partial charge in [-0.2, -0.15) is 4.98 Å². The van der Waals surface area contributed by atoms with Crippen molar-refractivity contribution in [3.05, 3.63) is 11.7 Å². The maximum Gasteiger partial charge on any atom is 0.326 e. The molecule has 0 spiro atoms. The minimum atomic E-state index is -1.08. The summed E-state index contributed by atoms with van der Waals surface area (Å²) in [5.74, 6) is -0.551. The Labute approximate surface area is 104 Å². The van der Waals surface area contributed by atoms with Crippen LogP contribution in [-0.2, 0) is 11.3 Å². The van der Waals surface area contributed by atoms with Crippen molar-refractivity contribution in [1.29, 1.82) is 0 Å². The van der Waals surface area contributed by atoms with Crippen LogP contribution in [0.3, 0.4) is 0 Å². The summed E-state index contributed by atoms with van der Waals surface area (Å²) < 4.78 is 4.79. The summed E-state index contributed by atoms with van der Waals surface area (Å²) >= 11 is 0. The molecule has 1 aromatic rings. The lowest BCUT2D eigenvalue weighted by atomic mass is 10.1. The predicted octanol–water partition coefficient (Wildman–Crippen LogP) is 0.286. The Morgan fingerprint density at radius 1 is 1.44 bits per heavy atom. The Hall–Kier alpha value is -2.12. The Bertz CT molecular complexity index is 429. The molecule has 0 bridgehead atoms. The van der Waals surface area contributed by atoms with Crippen molar-refractivity contribution in [1.82, 2.24) is 20.8 Å². The summed E-state index contributed by atoms with van der Waals surface area (Å²) in [7, 11) is 0. The minimum absolute atomic E-state index is 0.0527. The van der Waals surface area contributed by atoms with Crippen molar-refractivity contribution in [3.63, 3.8) is 0 Å². The molecular formula is C10H16N4O4. The van der Waals surface area contributed by atoms with E-state index in [9.17, 15) is 9.59 Å². The molecule has 1 atom stereocenters. The third kappa shape index (κ3) is 4.04. The van der Waals surface area contributed by atoms with Gasteiger partial charge in [0.25, 0.3) is 0 Å². The normalized spacial score (nSPS) is 12.2. The minimum Gasteiger partial charge on any atom is -0.480 e. The number of amides is 2. The van der Waals surface area contributed by atoms with E-state index in [2.05, 4.69) is 20.8 Å². The number of carbonyl (C=O) groups excluding carboxylic acids is 1. The third-order valence-electron chi connectivity index (χ3n) is 2.19. The van der Waals surface area contributed by atoms with Crippen molar-refractivity contribution < 1.29 is 19.2 Å². The van der Waals surface area contributed by atoms with Gasteiger partial charge in [0.1, 0.15) is 6.04 Å². The summed E-state index contributed by atoms with van der Waals surface area (Å²) in [6.07, 6.45) is 0. The number of hydrogen-bond acceptors (Lipinski definition) is 5. The SMILES string of the molecule is Cc1noc(CNC(=O)N[C@@H](C(=O)O)C(C)C)n1. The number of carboxylic acids is 1. The van der Waals surface area contributed by atoms with Crippen LogP contribution in [0.5, 0.6) is 0 Å². The van der Waals surface area contributed by atoms with E-state index in [1.54, 1.807) is 20.8 Å². The highest BCUT2D eigenvalue weighted by Gasteiger charge is 2.23. The first-order chi connectivity index (χ1) is 8.40. The van der Waals surface area contributed by atoms with Crippen molar-refractivity contribution >= 4 is 12.0 Å². The molecular weight excluding hydrogens is 240 g/mol. The summed E-state index contributed by atoms with van der Waals surface area (Å²) in [5, 5.41) is 17.3. The van der Waals surface area contributed by atoms with E-state index >= 15 is 0 Å². The van der Waals surface area contributed by atoms with Gasteiger partial charge in [0.15, 0.2) is 5.82 Å². The molecule has 8 nitrogen and oxygen atoms in total. The van der Waals surface area contributed by atoms with Crippen LogP contribution in [0.4, 0.5) is 4.79 Å². The fraction of sp³-hybridized carbons (Fsp3) is 0.600. The van der Waals surface area contributed by atoms with Gasteiger partial charge in [0.2, 0.25) is 5.89 Å². The highest BCUT2D eigenvalue weighted by atomic mass is 16.5. The number of carboxylic acid groups (broad SMARTS) is 1. The smallest absolute Gasteiger partial charge is 0.326 e. The molecule has 18 heavy (non-hydrogen) atoms. The molecule has 1 aromatic heterocycles. The van der Waals surface area contributed by atoms with E-state index < -0.39 is 18.0 Å². The fourth-order valence-corrected chi connectivity index (χ4v) is 1.27. The summed E-state index contributed by atoms with van der Waals surface area (Å²) in [5.41, 5.74) is 0. The van der Waals surface area contributed by atoms with Crippen molar-refractivity contribution in [2.45, 2.75) is 33.4 Å². The van der Waals surface area contributed by atoms with Crippen LogP contribution in [-0.4, -0.2) is 33.3 Å². The van der Waals surface area contributed by atoms with Gasteiger partial charge in [0, 0.05) is 0 Å². The Morgan fingerprint density at radius 2 is 2.11 bits per heavy atom. The zero-order chi connectivity index (χ0) is 13.7. The van der Waals surface area contributed by atoms with Crippen LogP contribution in [0, 0.1) is 12.8 Å². The number of aromatic nitrogens is 2. The second-order valence-electron chi connectivity index (χ2n) is 4.12. The van der Waals surface area contributed by atoms with Gasteiger partial charge in [0.05, 0.1) is 6.54 Å². The molecule has 0 fully saturated rings. The zero-order valence-corrected chi connectivity index (χ0v) is 10.4. The summed E-state index contributed by atoms with van der Waals surface area (Å²) in [6.45, 7) is 5.13. The van der Waals surface area contributed by atoms with E-state index in [1.165, 1.54) is 0 Å². The Morgan fingerprint density at radius 3 is 2.56 bits per heavy atom. The van der Waals surface area contributed by atoms with Gasteiger partial charge in [-0.3, -0.25) is 0 Å². The Kier molecular flexibility index (Phi) is 4.64. The number of carbonyl (C=O) groups is 2. The van der Waals surface area contributed by atoms with Gasteiger partial charge in [-0.1, -0.05) is 19.0 Å². The molecule has 0 aliphatic heterocycles. The molecule has 0 aromatic carbocycles. The average Bonchev–Trinajstić information content (AvgIpc) is 2.68. The Balaban J connectivity index is 2.43. The fourth-order valence-electron chi connectivity index (χ4n) is 1.27. The molecule has 0 radical (unpaired) electrons. The number of nitrogens with one attached hydrogen (secondary N) is 2. The number of urea groups is 1. The topological polar surface area (TPSA) is 117 Å².